The van der Waals surface area contributed by atoms with Crippen LogP contribution in [0.4, 0.5) is 0 Å². The van der Waals surface area contributed by atoms with E-state index in [2.05, 4.69) is 18.2 Å². The summed E-state index contributed by atoms with van der Waals surface area (Å²) in [6, 6.07) is 19.9. The second-order valence-electron chi connectivity index (χ2n) is 4.60. The van der Waals surface area contributed by atoms with E-state index >= 15 is 0 Å². The quantitative estimate of drug-likeness (QED) is 0.657. The first-order valence-electron chi connectivity index (χ1n) is 6.45. The fourth-order valence-corrected chi connectivity index (χ4v) is 2.47. The van der Waals surface area contributed by atoms with Gasteiger partial charge in [0.2, 0.25) is 0 Å². The molecule has 0 aliphatic heterocycles. The Morgan fingerprint density at radius 2 is 1.70 bits per heavy atom. The van der Waals surface area contributed by atoms with E-state index in [-0.39, 0.29) is 0 Å². The second kappa shape index (κ2) is 5.17. The maximum atomic E-state index is 11.3. The Balaban J connectivity index is 2.28. The summed E-state index contributed by atoms with van der Waals surface area (Å²) in [5.74, 6) is 0.691. The number of carbonyl (C=O) groups excluding carboxylic acids is 1. The average Bonchev–Trinajstić information content (AvgIpc) is 2.53. The van der Waals surface area contributed by atoms with Gasteiger partial charge in [0, 0.05) is 5.56 Å². The summed E-state index contributed by atoms with van der Waals surface area (Å²) in [4.78, 5) is 11.3. The molecule has 98 valence electrons. The Kier molecular flexibility index (Phi) is 3.21. The zero-order valence-electron chi connectivity index (χ0n) is 11.2. The van der Waals surface area contributed by atoms with Crippen LogP contribution in [0.5, 0.6) is 5.75 Å². The molecule has 20 heavy (non-hydrogen) atoms. The first-order valence-corrected chi connectivity index (χ1v) is 6.45. The minimum absolute atomic E-state index is 0.640. The largest absolute Gasteiger partial charge is 0.497 e. The SMILES string of the molecule is COc1ccc(-c2cccc3ccccc23)c(C=O)c1. The standard InChI is InChI=1S/C18H14O2/c1-20-15-9-10-17(14(11-15)12-19)18-8-4-6-13-5-2-3-7-16(13)18/h2-12H,1H3. The van der Waals surface area contributed by atoms with Crippen molar-refractivity contribution >= 4 is 17.1 Å². The molecular formula is C18H14O2. The van der Waals surface area contributed by atoms with Crippen LogP contribution in [0, 0.1) is 0 Å². The lowest BCUT2D eigenvalue weighted by molar-refractivity contribution is 0.112. The molecule has 0 N–H and O–H groups in total. The van der Waals surface area contributed by atoms with E-state index in [0.717, 1.165) is 28.2 Å². The number of ether oxygens (including phenoxy) is 1. The highest BCUT2D eigenvalue weighted by Gasteiger charge is 2.09. The monoisotopic (exact) mass is 262 g/mol. The number of hydrogen-bond acceptors (Lipinski definition) is 2. The summed E-state index contributed by atoms with van der Waals surface area (Å²) in [5.41, 5.74) is 2.63. The molecule has 3 aromatic carbocycles. The number of hydrogen-bond donors (Lipinski definition) is 0. The second-order valence-corrected chi connectivity index (χ2v) is 4.60. The predicted octanol–water partition coefficient (Wildman–Crippen LogP) is 4.33. The highest BCUT2D eigenvalue weighted by molar-refractivity contribution is 6.00. The Labute approximate surface area is 117 Å². The van der Waals surface area contributed by atoms with Crippen molar-refractivity contribution in [3.63, 3.8) is 0 Å². The Hall–Kier alpha value is -2.61. The number of fused-ring (bicyclic) bond motifs is 1. The van der Waals surface area contributed by atoms with Gasteiger partial charge >= 0.3 is 0 Å². The van der Waals surface area contributed by atoms with Gasteiger partial charge in [0.1, 0.15) is 5.75 Å². The molecule has 2 nitrogen and oxygen atoms in total. The number of carbonyl (C=O) groups is 1. The van der Waals surface area contributed by atoms with Gasteiger partial charge in [0.15, 0.2) is 6.29 Å². The van der Waals surface area contributed by atoms with Crippen molar-refractivity contribution in [3.05, 3.63) is 66.2 Å². The van der Waals surface area contributed by atoms with E-state index in [4.69, 9.17) is 4.74 Å². The summed E-state index contributed by atoms with van der Waals surface area (Å²) in [7, 11) is 1.60. The van der Waals surface area contributed by atoms with Crippen LogP contribution in [0.25, 0.3) is 21.9 Å². The van der Waals surface area contributed by atoms with Gasteiger partial charge in [-0.1, -0.05) is 42.5 Å². The molecule has 0 heterocycles. The Morgan fingerprint density at radius 3 is 2.50 bits per heavy atom. The molecule has 3 aromatic rings. The molecule has 0 saturated heterocycles. The van der Waals surface area contributed by atoms with Crippen LogP contribution in [0.3, 0.4) is 0 Å². The normalized spacial score (nSPS) is 10.4. The molecule has 0 fully saturated rings. The molecule has 2 heteroatoms. The van der Waals surface area contributed by atoms with Crippen LogP contribution < -0.4 is 4.74 Å². The minimum Gasteiger partial charge on any atom is -0.497 e. The van der Waals surface area contributed by atoms with Crippen LogP contribution in [0.15, 0.2) is 60.7 Å². The van der Waals surface area contributed by atoms with Gasteiger partial charge in [-0.2, -0.15) is 0 Å². The zero-order valence-corrected chi connectivity index (χ0v) is 11.2. The van der Waals surface area contributed by atoms with Crippen LogP contribution in [0.1, 0.15) is 10.4 Å². The van der Waals surface area contributed by atoms with Crippen molar-refractivity contribution in [2.24, 2.45) is 0 Å². The highest BCUT2D eigenvalue weighted by atomic mass is 16.5. The van der Waals surface area contributed by atoms with E-state index < -0.39 is 0 Å². The maximum absolute atomic E-state index is 11.3. The summed E-state index contributed by atoms with van der Waals surface area (Å²) >= 11 is 0. The van der Waals surface area contributed by atoms with E-state index in [1.165, 1.54) is 0 Å². The van der Waals surface area contributed by atoms with Crippen LogP contribution >= 0.6 is 0 Å². The highest BCUT2D eigenvalue weighted by Crippen LogP contribution is 2.32. The third-order valence-corrected chi connectivity index (χ3v) is 3.47. The average molecular weight is 262 g/mol. The van der Waals surface area contributed by atoms with Crippen molar-refractivity contribution in [1.82, 2.24) is 0 Å². The smallest absolute Gasteiger partial charge is 0.150 e. The summed E-state index contributed by atoms with van der Waals surface area (Å²) < 4.78 is 5.18. The fourth-order valence-electron chi connectivity index (χ4n) is 2.47. The Morgan fingerprint density at radius 1 is 0.900 bits per heavy atom. The van der Waals surface area contributed by atoms with Gasteiger partial charge in [-0.05, 0) is 40.1 Å². The first kappa shape index (κ1) is 12.4. The molecule has 0 aliphatic rings. The van der Waals surface area contributed by atoms with E-state index in [0.29, 0.717) is 11.3 Å². The van der Waals surface area contributed by atoms with E-state index in [1.807, 2.05) is 36.4 Å². The maximum Gasteiger partial charge on any atom is 0.150 e. The molecule has 0 atom stereocenters. The number of benzene rings is 3. The number of aldehydes is 1. The summed E-state index contributed by atoms with van der Waals surface area (Å²) in [6.45, 7) is 0. The molecule has 0 radical (unpaired) electrons. The van der Waals surface area contributed by atoms with Crippen molar-refractivity contribution in [2.45, 2.75) is 0 Å². The van der Waals surface area contributed by atoms with Gasteiger partial charge in [-0.25, -0.2) is 0 Å². The lowest BCUT2D eigenvalue weighted by Crippen LogP contribution is -1.91. The molecule has 3 rings (SSSR count). The van der Waals surface area contributed by atoms with Crippen LogP contribution in [0.2, 0.25) is 0 Å². The van der Waals surface area contributed by atoms with Crippen molar-refractivity contribution in [3.8, 4) is 16.9 Å². The predicted molar refractivity (Wildman–Crippen MR) is 81.3 cm³/mol. The molecule has 0 amide bonds. The van der Waals surface area contributed by atoms with Gasteiger partial charge in [-0.3, -0.25) is 4.79 Å². The lowest BCUT2D eigenvalue weighted by Gasteiger charge is -2.10. The number of rotatable bonds is 3. The lowest BCUT2D eigenvalue weighted by atomic mass is 9.95. The van der Waals surface area contributed by atoms with Crippen molar-refractivity contribution in [2.75, 3.05) is 7.11 Å². The van der Waals surface area contributed by atoms with Crippen LogP contribution in [-0.2, 0) is 0 Å². The first-order chi connectivity index (χ1) is 9.83. The molecule has 0 aliphatic carbocycles. The number of methoxy groups -OCH3 is 1. The van der Waals surface area contributed by atoms with Crippen molar-refractivity contribution in [1.29, 1.82) is 0 Å². The van der Waals surface area contributed by atoms with Crippen LogP contribution in [-0.4, -0.2) is 13.4 Å². The molecule has 0 bridgehead atoms. The van der Waals surface area contributed by atoms with Gasteiger partial charge in [0.05, 0.1) is 7.11 Å². The molecular weight excluding hydrogens is 248 g/mol. The third-order valence-electron chi connectivity index (χ3n) is 3.47. The topological polar surface area (TPSA) is 26.3 Å². The molecule has 0 spiro atoms. The van der Waals surface area contributed by atoms with Gasteiger partial charge < -0.3 is 4.74 Å². The minimum atomic E-state index is 0.640. The van der Waals surface area contributed by atoms with Gasteiger partial charge in [0.25, 0.3) is 0 Å². The molecule has 0 saturated carbocycles. The fraction of sp³-hybridized carbons (Fsp3) is 0.0556. The summed E-state index contributed by atoms with van der Waals surface area (Å²) in [5, 5.41) is 2.31. The molecule has 0 aromatic heterocycles. The molecule has 0 unspecified atom stereocenters. The Bertz CT molecular complexity index is 770. The van der Waals surface area contributed by atoms with E-state index in [9.17, 15) is 4.79 Å². The zero-order chi connectivity index (χ0) is 13.9. The van der Waals surface area contributed by atoms with E-state index in [1.54, 1.807) is 13.2 Å². The van der Waals surface area contributed by atoms with Gasteiger partial charge in [-0.15, -0.1) is 0 Å². The summed E-state index contributed by atoms with van der Waals surface area (Å²) in [6.07, 6.45) is 0.875. The van der Waals surface area contributed by atoms with Crippen molar-refractivity contribution < 1.29 is 9.53 Å². The third kappa shape index (κ3) is 2.05.